The Balaban J connectivity index is 2.69. The quantitative estimate of drug-likeness (QED) is 0.646. The molecule has 1 aliphatic rings. The average Bonchev–Trinajstić information content (AvgIpc) is 1.96. The molecule has 0 aromatic rings. The second-order valence-corrected chi connectivity index (χ2v) is 3.37. The van der Waals surface area contributed by atoms with Crippen molar-refractivity contribution >= 4 is 5.71 Å². The van der Waals surface area contributed by atoms with E-state index in [2.05, 4.69) is 6.20 Å². The van der Waals surface area contributed by atoms with E-state index in [0.717, 1.165) is 6.42 Å². The highest BCUT2D eigenvalue weighted by molar-refractivity contribution is 5.89. The zero-order valence-electron chi connectivity index (χ0n) is 7.67. The van der Waals surface area contributed by atoms with Crippen molar-refractivity contribution in [1.82, 2.24) is 4.90 Å². The zero-order valence-corrected chi connectivity index (χ0v) is 7.67. The number of aliphatic hydroxyl groups is 1. The number of aliphatic hydroxyl groups excluding tert-OH is 1. The van der Waals surface area contributed by atoms with Crippen molar-refractivity contribution in [1.29, 1.82) is 5.41 Å². The van der Waals surface area contributed by atoms with Crippen molar-refractivity contribution < 1.29 is 5.11 Å². The van der Waals surface area contributed by atoms with E-state index >= 15 is 0 Å². The highest BCUT2D eigenvalue weighted by Gasteiger charge is 2.21. The summed E-state index contributed by atoms with van der Waals surface area (Å²) in [6.45, 7) is 2.18. The summed E-state index contributed by atoms with van der Waals surface area (Å²) in [5.41, 5.74) is 1.93. The van der Waals surface area contributed by atoms with Gasteiger partial charge in [-0.15, -0.1) is 0 Å². The molecule has 3 heteroatoms. The SMILES string of the molecule is CC1=CN(C)C(CCO)C(=N)C1. The van der Waals surface area contributed by atoms with Gasteiger partial charge in [0.25, 0.3) is 0 Å². The van der Waals surface area contributed by atoms with Gasteiger partial charge < -0.3 is 15.4 Å². The Morgan fingerprint density at radius 2 is 2.42 bits per heavy atom. The van der Waals surface area contributed by atoms with Crippen molar-refractivity contribution in [2.75, 3.05) is 13.7 Å². The van der Waals surface area contributed by atoms with Gasteiger partial charge in [-0.25, -0.2) is 0 Å². The van der Waals surface area contributed by atoms with E-state index in [1.165, 1.54) is 5.57 Å². The largest absolute Gasteiger partial charge is 0.396 e. The smallest absolute Gasteiger partial charge is 0.0683 e. The van der Waals surface area contributed by atoms with Gasteiger partial charge in [0.1, 0.15) is 0 Å². The van der Waals surface area contributed by atoms with Crippen molar-refractivity contribution in [3.05, 3.63) is 11.8 Å². The van der Waals surface area contributed by atoms with E-state index in [1.807, 2.05) is 18.9 Å². The van der Waals surface area contributed by atoms with E-state index in [-0.39, 0.29) is 12.6 Å². The van der Waals surface area contributed by atoms with Crippen LogP contribution in [0, 0.1) is 5.41 Å². The predicted molar refractivity (Wildman–Crippen MR) is 49.4 cm³/mol. The molecule has 0 amide bonds. The topological polar surface area (TPSA) is 47.3 Å². The van der Waals surface area contributed by atoms with Gasteiger partial charge in [-0.1, -0.05) is 5.57 Å². The molecule has 2 N–H and O–H groups in total. The van der Waals surface area contributed by atoms with Gasteiger partial charge in [0.15, 0.2) is 0 Å². The molecule has 12 heavy (non-hydrogen) atoms. The minimum atomic E-state index is 0.110. The molecule has 0 radical (unpaired) electrons. The Labute approximate surface area is 73.2 Å². The van der Waals surface area contributed by atoms with Gasteiger partial charge in [-0.3, -0.25) is 0 Å². The van der Waals surface area contributed by atoms with Crippen LogP contribution in [0.15, 0.2) is 11.8 Å². The number of hydrogen-bond donors (Lipinski definition) is 2. The first-order valence-corrected chi connectivity index (χ1v) is 4.22. The Morgan fingerprint density at radius 3 is 2.92 bits per heavy atom. The second kappa shape index (κ2) is 3.72. The van der Waals surface area contributed by atoms with Crippen LogP contribution in [-0.4, -0.2) is 35.4 Å². The molecule has 0 aromatic carbocycles. The lowest BCUT2D eigenvalue weighted by Gasteiger charge is -2.31. The Morgan fingerprint density at radius 1 is 1.75 bits per heavy atom. The molecule has 1 atom stereocenters. The van der Waals surface area contributed by atoms with Crippen molar-refractivity contribution in [2.45, 2.75) is 25.8 Å². The van der Waals surface area contributed by atoms with Crippen LogP contribution in [0.1, 0.15) is 19.8 Å². The van der Waals surface area contributed by atoms with Gasteiger partial charge in [0, 0.05) is 25.8 Å². The fraction of sp³-hybridized carbons (Fsp3) is 0.667. The first kappa shape index (κ1) is 9.26. The third kappa shape index (κ3) is 1.85. The molecule has 1 heterocycles. The van der Waals surface area contributed by atoms with Crippen molar-refractivity contribution in [2.24, 2.45) is 0 Å². The van der Waals surface area contributed by atoms with E-state index in [9.17, 15) is 0 Å². The number of nitrogens with one attached hydrogen (secondary N) is 1. The molecule has 0 aromatic heterocycles. The predicted octanol–water partition coefficient (Wildman–Crippen LogP) is 0.996. The third-order valence-corrected chi connectivity index (χ3v) is 2.19. The van der Waals surface area contributed by atoms with Crippen LogP contribution >= 0.6 is 0 Å². The van der Waals surface area contributed by atoms with Crippen LogP contribution in [0.2, 0.25) is 0 Å². The lowest BCUT2D eigenvalue weighted by molar-refractivity contribution is 0.248. The van der Waals surface area contributed by atoms with Gasteiger partial charge in [-0.05, 0) is 19.5 Å². The van der Waals surface area contributed by atoms with Crippen molar-refractivity contribution in [3.8, 4) is 0 Å². The fourth-order valence-corrected chi connectivity index (χ4v) is 1.65. The Kier molecular flexibility index (Phi) is 2.87. The van der Waals surface area contributed by atoms with Crippen LogP contribution in [-0.2, 0) is 0 Å². The number of nitrogens with zero attached hydrogens (tertiary/aromatic N) is 1. The first-order chi connectivity index (χ1) is 5.65. The standard InChI is InChI=1S/C9H16N2O/c1-7-5-8(10)9(3-4-12)11(2)6-7/h6,9-10,12H,3-5H2,1-2H3. The molecule has 0 bridgehead atoms. The number of hydrogen-bond acceptors (Lipinski definition) is 3. The molecule has 1 unspecified atom stereocenters. The molecule has 0 saturated heterocycles. The summed E-state index contributed by atoms with van der Waals surface area (Å²) >= 11 is 0. The summed E-state index contributed by atoms with van der Waals surface area (Å²) < 4.78 is 0. The maximum atomic E-state index is 8.78. The van der Waals surface area contributed by atoms with Crippen molar-refractivity contribution in [3.63, 3.8) is 0 Å². The van der Waals surface area contributed by atoms with Gasteiger partial charge in [0.05, 0.1) is 6.04 Å². The highest BCUT2D eigenvalue weighted by atomic mass is 16.3. The Bertz CT molecular complexity index is 211. The molecule has 1 aliphatic heterocycles. The van der Waals surface area contributed by atoms with E-state index in [0.29, 0.717) is 12.1 Å². The monoisotopic (exact) mass is 168 g/mol. The van der Waals surface area contributed by atoms with Gasteiger partial charge in [0.2, 0.25) is 0 Å². The lowest BCUT2D eigenvalue weighted by atomic mass is 9.97. The average molecular weight is 168 g/mol. The van der Waals surface area contributed by atoms with E-state index < -0.39 is 0 Å². The summed E-state index contributed by atoms with van der Waals surface area (Å²) in [6, 6.07) is 0.110. The summed E-state index contributed by atoms with van der Waals surface area (Å²) in [4.78, 5) is 2.01. The van der Waals surface area contributed by atoms with Crippen LogP contribution in [0.3, 0.4) is 0 Å². The molecular weight excluding hydrogens is 152 g/mol. The second-order valence-electron chi connectivity index (χ2n) is 3.37. The highest BCUT2D eigenvalue weighted by Crippen LogP contribution is 2.17. The molecule has 0 fully saturated rings. The summed E-state index contributed by atoms with van der Waals surface area (Å²) in [6.07, 6.45) is 3.48. The molecule has 0 aliphatic carbocycles. The molecule has 68 valence electrons. The summed E-state index contributed by atoms with van der Waals surface area (Å²) in [5, 5.41) is 16.5. The zero-order chi connectivity index (χ0) is 9.14. The number of allylic oxidation sites excluding steroid dienone is 1. The molecule has 1 rings (SSSR count). The fourth-order valence-electron chi connectivity index (χ4n) is 1.65. The van der Waals surface area contributed by atoms with E-state index in [1.54, 1.807) is 0 Å². The third-order valence-electron chi connectivity index (χ3n) is 2.19. The Hall–Kier alpha value is -0.830. The first-order valence-electron chi connectivity index (χ1n) is 4.22. The minimum absolute atomic E-state index is 0.110. The molecule has 0 saturated carbocycles. The molecule has 3 nitrogen and oxygen atoms in total. The van der Waals surface area contributed by atoms with Crippen LogP contribution in [0.25, 0.3) is 0 Å². The normalized spacial score (nSPS) is 24.2. The van der Waals surface area contributed by atoms with Gasteiger partial charge >= 0.3 is 0 Å². The van der Waals surface area contributed by atoms with Gasteiger partial charge in [-0.2, -0.15) is 0 Å². The van der Waals surface area contributed by atoms with E-state index in [4.69, 9.17) is 10.5 Å². The van der Waals surface area contributed by atoms with Crippen LogP contribution in [0.5, 0.6) is 0 Å². The lowest BCUT2D eigenvalue weighted by Crippen LogP contribution is -2.38. The number of rotatable bonds is 2. The summed E-state index contributed by atoms with van der Waals surface area (Å²) in [5.74, 6) is 0. The van der Waals surface area contributed by atoms with Crippen LogP contribution in [0.4, 0.5) is 0 Å². The molecule has 0 spiro atoms. The maximum Gasteiger partial charge on any atom is 0.0683 e. The minimum Gasteiger partial charge on any atom is -0.396 e. The van der Waals surface area contributed by atoms with Crippen LogP contribution < -0.4 is 0 Å². The maximum absolute atomic E-state index is 8.78. The molecular formula is C9H16N2O. The summed E-state index contributed by atoms with van der Waals surface area (Å²) in [7, 11) is 1.96.